The number of hydrogen-bond donors (Lipinski definition) is 2. The molecule has 0 aliphatic carbocycles. The van der Waals surface area contributed by atoms with Crippen LogP contribution in [0.2, 0.25) is 0 Å². The van der Waals surface area contributed by atoms with Gasteiger partial charge in [-0.25, -0.2) is 10.2 Å². The van der Waals surface area contributed by atoms with Gasteiger partial charge in [0.05, 0.1) is 0 Å². The van der Waals surface area contributed by atoms with E-state index in [1.807, 2.05) is 18.4 Å². The summed E-state index contributed by atoms with van der Waals surface area (Å²) in [6, 6.07) is 0. The van der Waals surface area contributed by atoms with E-state index in [0.29, 0.717) is 23.7 Å². The Labute approximate surface area is 153 Å². The molecular weight excluding hydrogens is 332 g/mol. The van der Waals surface area contributed by atoms with Gasteiger partial charge < -0.3 is 4.57 Å². The number of hydrazone groups is 1. The number of fused-ring (bicyclic) bond motifs is 1. The number of unbranched alkanes of at least 4 members (excludes halogenated alkanes) is 5. The van der Waals surface area contributed by atoms with E-state index in [2.05, 4.69) is 27.4 Å². The zero-order chi connectivity index (χ0) is 19.1. The zero-order valence-corrected chi connectivity index (χ0v) is 16.3. The summed E-state index contributed by atoms with van der Waals surface area (Å²) in [4.78, 5) is 31.0. The van der Waals surface area contributed by atoms with Gasteiger partial charge in [-0.05, 0) is 19.8 Å². The number of aromatic nitrogens is 4. The molecule has 0 atom stereocenters. The molecule has 0 radical (unpaired) electrons. The van der Waals surface area contributed by atoms with E-state index >= 15 is 0 Å². The van der Waals surface area contributed by atoms with E-state index < -0.39 is 11.2 Å². The second-order valence-corrected chi connectivity index (χ2v) is 6.66. The maximum absolute atomic E-state index is 12.4. The van der Waals surface area contributed by atoms with E-state index in [1.165, 1.54) is 30.3 Å². The van der Waals surface area contributed by atoms with Crippen LogP contribution in [-0.2, 0) is 13.6 Å². The molecule has 0 aliphatic rings. The molecule has 8 nitrogen and oxygen atoms in total. The number of H-pyrrole nitrogens is 1. The van der Waals surface area contributed by atoms with Crippen molar-refractivity contribution in [2.75, 3.05) is 5.43 Å². The van der Waals surface area contributed by atoms with Gasteiger partial charge in [0.25, 0.3) is 5.56 Å². The fraction of sp³-hybridized carbons (Fsp3) is 0.667. The maximum Gasteiger partial charge on any atom is 0.329 e. The first-order valence-electron chi connectivity index (χ1n) is 9.48. The van der Waals surface area contributed by atoms with Gasteiger partial charge in [-0.1, -0.05) is 46.0 Å². The summed E-state index contributed by atoms with van der Waals surface area (Å²) in [5, 5.41) is 4.30. The Balaban J connectivity index is 2.32. The minimum atomic E-state index is -0.466. The van der Waals surface area contributed by atoms with Crippen molar-refractivity contribution >= 4 is 22.8 Å². The lowest BCUT2D eigenvalue weighted by Gasteiger charge is -2.08. The van der Waals surface area contributed by atoms with Crippen molar-refractivity contribution < 1.29 is 0 Å². The van der Waals surface area contributed by atoms with Gasteiger partial charge in [0, 0.05) is 19.3 Å². The molecule has 2 rings (SSSR count). The molecule has 2 heterocycles. The summed E-state index contributed by atoms with van der Waals surface area (Å²) in [5.41, 5.74) is 3.80. The van der Waals surface area contributed by atoms with Gasteiger partial charge in [0.15, 0.2) is 11.2 Å². The Morgan fingerprint density at radius 1 is 1.15 bits per heavy atom. The molecule has 0 unspecified atom stereocenters. The summed E-state index contributed by atoms with van der Waals surface area (Å²) < 4.78 is 3.19. The highest BCUT2D eigenvalue weighted by atomic mass is 16.2. The van der Waals surface area contributed by atoms with Gasteiger partial charge in [-0.15, -0.1) is 0 Å². The van der Waals surface area contributed by atoms with Crippen LogP contribution in [0.5, 0.6) is 0 Å². The van der Waals surface area contributed by atoms with Crippen LogP contribution < -0.4 is 16.7 Å². The highest BCUT2D eigenvalue weighted by Crippen LogP contribution is 2.17. The summed E-state index contributed by atoms with van der Waals surface area (Å²) in [6.45, 7) is 6.81. The van der Waals surface area contributed by atoms with Crippen molar-refractivity contribution in [3.05, 3.63) is 20.8 Å². The average Bonchev–Trinajstić information content (AvgIpc) is 2.99. The van der Waals surface area contributed by atoms with Gasteiger partial charge in [-0.3, -0.25) is 14.3 Å². The molecule has 0 aromatic carbocycles. The molecule has 26 heavy (non-hydrogen) atoms. The van der Waals surface area contributed by atoms with E-state index in [1.54, 1.807) is 7.05 Å². The number of nitrogens with zero attached hydrogens (tertiary/aromatic N) is 4. The summed E-state index contributed by atoms with van der Waals surface area (Å²) in [6.07, 6.45) is 7.77. The molecule has 0 saturated heterocycles. The third-order valence-corrected chi connectivity index (χ3v) is 4.60. The summed E-state index contributed by atoms with van der Waals surface area (Å²) in [5.74, 6) is 0.494. The van der Waals surface area contributed by atoms with Crippen molar-refractivity contribution in [2.24, 2.45) is 12.1 Å². The van der Waals surface area contributed by atoms with Gasteiger partial charge in [-0.2, -0.15) is 10.1 Å². The largest absolute Gasteiger partial charge is 0.329 e. The minimum absolute atomic E-state index is 0.372. The van der Waals surface area contributed by atoms with Crippen LogP contribution in [0.1, 0.15) is 65.7 Å². The lowest BCUT2D eigenvalue weighted by Crippen LogP contribution is -2.29. The number of rotatable bonds is 10. The van der Waals surface area contributed by atoms with E-state index in [9.17, 15) is 9.59 Å². The van der Waals surface area contributed by atoms with Gasteiger partial charge in [0.2, 0.25) is 5.95 Å². The summed E-state index contributed by atoms with van der Waals surface area (Å²) in [7, 11) is 1.60. The maximum atomic E-state index is 12.4. The first-order chi connectivity index (χ1) is 12.5. The van der Waals surface area contributed by atoms with Crippen LogP contribution >= 0.6 is 0 Å². The van der Waals surface area contributed by atoms with Crippen molar-refractivity contribution in [2.45, 2.75) is 72.3 Å². The third-order valence-electron chi connectivity index (χ3n) is 4.60. The standard InChI is InChI=1S/C18H30N6O2/c1-5-7-8-9-10-11-12-24-14-15(23(4)18(26)20-16(14)25)19-17(24)22-21-13(3)6-2/h5-12H2,1-4H3,(H,19,22)(H,20,25,26)/b21-13-. The monoisotopic (exact) mass is 362 g/mol. The third kappa shape index (κ3) is 4.62. The summed E-state index contributed by atoms with van der Waals surface area (Å²) >= 11 is 0. The predicted molar refractivity (Wildman–Crippen MR) is 106 cm³/mol. The second kappa shape index (κ2) is 9.35. The number of aromatic amines is 1. The number of anilines is 1. The first-order valence-corrected chi connectivity index (χ1v) is 9.48. The molecule has 0 saturated carbocycles. The molecule has 0 bridgehead atoms. The van der Waals surface area contributed by atoms with Crippen LogP contribution in [0.25, 0.3) is 11.2 Å². The number of hydrogen-bond acceptors (Lipinski definition) is 5. The Kier molecular flexibility index (Phi) is 7.17. The Hall–Kier alpha value is -2.38. The van der Waals surface area contributed by atoms with Crippen molar-refractivity contribution in [1.82, 2.24) is 19.1 Å². The van der Waals surface area contributed by atoms with E-state index in [0.717, 1.165) is 25.0 Å². The lowest BCUT2D eigenvalue weighted by molar-refractivity contribution is 0.565. The average molecular weight is 362 g/mol. The molecular formula is C18H30N6O2. The normalized spacial score (nSPS) is 12.1. The van der Waals surface area contributed by atoms with Crippen molar-refractivity contribution in [1.29, 1.82) is 0 Å². The van der Waals surface area contributed by atoms with E-state index in [4.69, 9.17) is 0 Å². The number of nitrogens with one attached hydrogen (secondary N) is 2. The highest BCUT2D eigenvalue weighted by molar-refractivity contribution is 5.82. The Bertz CT molecular complexity index is 874. The predicted octanol–water partition coefficient (Wildman–Crippen LogP) is 2.98. The fourth-order valence-corrected chi connectivity index (χ4v) is 2.81. The molecule has 8 heteroatoms. The van der Waals surface area contributed by atoms with Crippen LogP contribution in [-0.4, -0.2) is 24.8 Å². The first kappa shape index (κ1) is 19.9. The van der Waals surface area contributed by atoms with Crippen LogP contribution in [0.3, 0.4) is 0 Å². The van der Waals surface area contributed by atoms with Crippen LogP contribution in [0.15, 0.2) is 14.7 Å². The molecule has 0 fully saturated rings. The Morgan fingerprint density at radius 3 is 2.54 bits per heavy atom. The molecule has 2 aromatic rings. The topological polar surface area (TPSA) is 97.1 Å². The molecule has 0 amide bonds. The molecule has 144 valence electrons. The van der Waals surface area contributed by atoms with Crippen LogP contribution in [0, 0.1) is 0 Å². The molecule has 0 spiro atoms. The van der Waals surface area contributed by atoms with E-state index in [-0.39, 0.29) is 0 Å². The fourth-order valence-electron chi connectivity index (χ4n) is 2.81. The molecule has 2 N–H and O–H groups in total. The number of aryl methyl sites for hydroxylation is 2. The van der Waals surface area contributed by atoms with Crippen molar-refractivity contribution in [3.63, 3.8) is 0 Å². The van der Waals surface area contributed by atoms with Crippen LogP contribution in [0.4, 0.5) is 5.95 Å². The lowest BCUT2D eigenvalue weighted by atomic mass is 10.1. The molecule has 2 aromatic heterocycles. The highest BCUT2D eigenvalue weighted by Gasteiger charge is 2.16. The van der Waals surface area contributed by atoms with Gasteiger partial charge >= 0.3 is 5.69 Å². The smallest absolute Gasteiger partial charge is 0.303 e. The molecule has 0 aliphatic heterocycles. The van der Waals surface area contributed by atoms with Crippen molar-refractivity contribution in [3.8, 4) is 0 Å². The van der Waals surface area contributed by atoms with Gasteiger partial charge in [0.1, 0.15) is 0 Å². The SMILES string of the molecule is CCCCCCCCn1c(N/N=C(/C)CC)nc2c1c(=O)[nH]c(=O)n2C. The quantitative estimate of drug-likeness (QED) is 0.386. The minimum Gasteiger partial charge on any atom is -0.303 e. The Morgan fingerprint density at radius 2 is 1.85 bits per heavy atom. The second-order valence-electron chi connectivity index (χ2n) is 6.66. The number of imidazole rings is 1. The zero-order valence-electron chi connectivity index (χ0n) is 16.3.